The molecule has 0 saturated heterocycles. The van der Waals surface area contributed by atoms with E-state index in [4.69, 9.17) is 0 Å². The summed E-state index contributed by atoms with van der Waals surface area (Å²) in [6.07, 6.45) is 3.82. The van der Waals surface area contributed by atoms with Crippen LogP contribution in [0.2, 0.25) is 25.7 Å². The van der Waals surface area contributed by atoms with Crippen molar-refractivity contribution in [1.82, 2.24) is 0 Å². The summed E-state index contributed by atoms with van der Waals surface area (Å²) in [5, 5.41) is 0. The van der Waals surface area contributed by atoms with Crippen LogP contribution in [0.4, 0.5) is 0 Å². The third-order valence-electron chi connectivity index (χ3n) is 6.89. The molecule has 1 aliphatic carbocycles. The van der Waals surface area contributed by atoms with Crippen LogP contribution < -0.4 is 0 Å². The van der Waals surface area contributed by atoms with Gasteiger partial charge in [-0.3, -0.25) is 0 Å². The van der Waals surface area contributed by atoms with Gasteiger partial charge in [0.1, 0.15) is 0 Å². The number of hydrogen-bond donors (Lipinski definition) is 0. The van der Waals surface area contributed by atoms with Crippen molar-refractivity contribution < 1.29 is 16.6 Å². The van der Waals surface area contributed by atoms with Gasteiger partial charge in [-0.25, -0.2) is 0 Å². The minimum absolute atomic E-state index is 1.15. The van der Waals surface area contributed by atoms with Gasteiger partial charge in [-0.1, -0.05) is 0 Å². The molecule has 3 aromatic rings. The van der Waals surface area contributed by atoms with Crippen LogP contribution in [0, 0.1) is 0 Å². The second-order valence-electron chi connectivity index (χ2n) is 11.1. The van der Waals surface area contributed by atoms with Gasteiger partial charge >= 0.3 is 207 Å². The van der Waals surface area contributed by atoms with Crippen molar-refractivity contribution in [2.24, 2.45) is 0 Å². The summed E-state index contributed by atoms with van der Waals surface area (Å²) in [6, 6.07) is 35.3. The molecule has 0 nitrogen and oxygen atoms in total. The van der Waals surface area contributed by atoms with Crippen LogP contribution in [0.5, 0.6) is 0 Å². The van der Waals surface area contributed by atoms with Crippen molar-refractivity contribution >= 4 is 8.07 Å². The van der Waals surface area contributed by atoms with Crippen LogP contribution in [-0.2, 0) is 30.8 Å². The zero-order valence-corrected chi connectivity index (χ0v) is 23.3. The Bertz CT molecular complexity index is 1000. The molecule has 1 aliphatic rings. The van der Waals surface area contributed by atoms with Gasteiger partial charge in [0, 0.05) is 0 Å². The van der Waals surface area contributed by atoms with Crippen molar-refractivity contribution in [3.63, 3.8) is 0 Å². The Balaban J connectivity index is 1.86. The summed E-state index contributed by atoms with van der Waals surface area (Å²) in [4.78, 5) is 0. The van der Waals surface area contributed by atoms with Gasteiger partial charge < -0.3 is 0 Å². The average molecular weight is 487 g/mol. The molecule has 0 N–H and O–H groups in total. The van der Waals surface area contributed by atoms with E-state index in [1.54, 1.807) is 11.1 Å². The summed E-state index contributed by atoms with van der Waals surface area (Å²) in [5.41, 5.74) is 7.93. The fourth-order valence-electron chi connectivity index (χ4n) is 5.48. The van der Waals surface area contributed by atoms with Crippen molar-refractivity contribution in [1.29, 1.82) is 0 Å². The van der Waals surface area contributed by atoms with Gasteiger partial charge in [0.15, 0.2) is 0 Å². The predicted molar refractivity (Wildman–Crippen MR) is 144 cm³/mol. The van der Waals surface area contributed by atoms with Crippen molar-refractivity contribution in [2.45, 2.75) is 53.2 Å². The van der Waals surface area contributed by atoms with E-state index >= 15 is 0 Å². The molecular weight excluding hydrogens is 448 g/mol. The first-order valence-electron chi connectivity index (χ1n) is 12.4. The SMILES string of the molecule is CC1=C(C[Si](C)(C)C)[C]([Ti]([CH2]c2ccccc2)([CH2]c2ccccc2)[CH2]c2ccccc2)=CC1. The molecule has 0 fully saturated rings. The number of hydrogen-bond acceptors (Lipinski definition) is 0. The molecule has 4 rings (SSSR count). The second-order valence-corrected chi connectivity index (χ2v) is 23.1. The number of allylic oxidation sites excluding steroid dienone is 4. The molecule has 0 aromatic heterocycles. The van der Waals surface area contributed by atoms with Crippen LogP contribution >= 0.6 is 0 Å². The Morgan fingerprint density at radius 1 is 0.636 bits per heavy atom. The quantitative estimate of drug-likeness (QED) is 0.265. The maximum atomic E-state index is 2.67. The van der Waals surface area contributed by atoms with E-state index < -0.39 is 24.7 Å². The Morgan fingerprint density at radius 3 is 1.39 bits per heavy atom. The molecule has 0 bridgehead atoms. The molecule has 3 aromatic carbocycles. The van der Waals surface area contributed by atoms with Crippen LogP contribution in [0.1, 0.15) is 30.0 Å². The maximum absolute atomic E-state index is 2.67. The zero-order valence-electron chi connectivity index (χ0n) is 20.8. The van der Waals surface area contributed by atoms with Crippen LogP contribution in [-0.4, -0.2) is 8.07 Å². The summed E-state index contributed by atoms with van der Waals surface area (Å²) in [7, 11) is -1.23. The monoisotopic (exact) mass is 486 g/mol. The number of rotatable bonds is 9. The molecular formula is C31H38SiTi. The van der Waals surface area contributed by atoms with Crippen LogP contribution in [0.3, 0.4) is 0 Å². The molecule has 0 aliphatic heterocycles. The third kappa shape index (κ3) is 6.35. The Kier molecular flexibility index (Phi) is 7.74. The average Bonchev–Trinajstić information content (AvgIpc) is 3.15. The van der Waals surface area contributed by atoms with E-state index in [0.29, 0.717) is 0 Å². The van der Waals surface area contributed by atoms with Gasteiger partial charge in [-0.15, -0.1) is 0 Å². The van der Waals surface area contributed by atoms with Crippen molar-refractivity contribution in [2.75, 3.05) is 0 Å². The van der Waals surface area contributed by atoms with Gasteiger partial charge in [-0.2, -0.15) is 0 Å². The summed E-state index contributed by atoms with van der Waals surface area (Å²) >= 11 is -2.67. The Morgan fingerprint density at radius 2 is 1.03 bits per heavy atom. The minimum atomic E-state index is -2.67. The van der Waals surface area contributed by atoms with E-state index in [0.717, 1.165) is 6.42 Å². The van der Waals surface area contributed by atoms with Crippen molar-refractivity contribution in [3.05, 3.63) is 129 Å². The topological polar surface area (TPSA) is 0 Å². The molecule has 0 radical (unpaired) electrons. The Hall–Kier alpha value is -1.93. The zero-order chi connectivity index (χ0) is 23.3. The fourth-order valence-corrected chi connectivity index (χ4v) is 15.9. The van der Waals surface area contributed by atoms with Crippen LogP contribution in [0.15, 0.2) is 112 Å². The molecule has 33 heavy (non-hydrogen) atoms. The normalized spacial score (nSPS) is 14.5. The number of benzene rings is 3. The molecule has 0 amide bonds. The van der Waals surface area contributed by atoms with Gasteiger partial charge in [0.05, 0.1) is 0 Å². The first-order valence-corrected chi connectivity index (χ1v) is 20.2. The van der Waals surface area contributed by atoms with Gasteiger partial charge in [0.2, 0.25) is 0 Å². The van der Waals surface area contributed by atoms with E-state index in [9.17, 15) is 0 Å². The first kappa shape index (κ1) is 24.2. The fraction of sp³-hybridized carbons (Fsp3) is 0.290. The van der Waals surface area contributed by atoms with Gasteiger partial charge in [0.25, 0.3) is 0 Å². The third-order valence-corrected chi connectivity index (χ3v) is 16.0. The second kappa shape index (κ2) is 10.6. The van der Waals surface area contributed by atoms with E-state index in [1.807, 2.05) is 3.88 Å². The van der Waals surface area contributed by atoms with Crippen LogP contribution in [0.25, 0.3) is 0 Å². The molecule has 0 atom stereocenters. The molecule has 2 heteroatoms. The van der Waals surface area contributed by atoms with E-state index in [-0.39, 0.29) is 0 Å². The molecule has 0 heterocycles. The van der Waals surface area contributed by atoms with E-state index in [1.165, 1.54) is 36.9 Å². The summed E-state index contributed by atoms with van der Waals surface area (Å²) in [6.45, 7) is 10.00. The first-order chi connectivity index (χ1) is 15.8. The summed E-state index contributed by atoms with van der Waals surface area (Å²) < 4.78 is 5.56. The summed E-state index contributed by atoms with van der Waals surface area (Å²) in [5.74, 6) is 0. The van der Waals surface area contributed by atoms with E-state index in [2.05, 4.69) is 124 Å². The molecule has 0 saturated carbocycles. The molecule has 0 spiro atoms. The van der Waals surface area contributed by atoms with Gasteiger partial charge in [-0.05, 0) is 0 Å². The Labute approximate surface area is 205 Å². The standard InChI is InChI=1S/C10H17Si.3C7H7.Ti/c1-9-6-5-7-10(9)8-11(2,3)4;3*1-7-5-3-2-4-6-7;/h5H,6,8H2,1-4H3;3*2-6H,1H2;. The predicted octanol–water partition coefficient (Wildman–Crippen LogP) is 8.68. The van der Waals surface area contributed by atoms with Crippen molar-refractivity contribution in [3.8, 4) is 0 Å². The molecule has 0 unspecified atom stereocenters. The molecule has 170 valence electrons.